The van der Waals surface area contributed by atoms with Crippen molar-refractivity contribution in [2.75, 3.05) is 13.1 Å². The Labute approximate surface area is 122 Å². The molecule has 0 fully saturated rings. The molecule has 4 nitrogen and oxygen atoms in total. The molecule has 1 N–H and O–H groups in total. The van der Waals surface area contributed by atoms with Crippen LogP contribution in [0, 0.1) is 0 Å². The van der Waals surface area contributed by atoms with Gasteiger partial charge in [-0.3, -0.25) is 0 Å². The van der Waals surface area contributed by atoms with Crippen molar-refractivity contribution in [1.29, 1.82) is 0 Å². The molecule has 0 aromatic heterocycles. The second-order valence-corrected chi connectivity index (χ2v) is 7.14. The van der Waals surface area contributed by atoms with E-state index < -0.39 is 32.3 Å². The van der Waals surface area contributed by atoms with Gasteiger partial charge in [0.05, 0.1) is 16.1 Å². The van der Waals surface area contributed by atoms with Gasteiger partial charge in [0.2, 0.25) is 10.0 Å². The molecule has 0 spiro atoms. The van der Waals surface area contributed by atoms with Crippen LogP contribution in [0.2, 0.25) is 0 Å². The fourth-order valence-electron chi connectivity index (χ4n) is 1.86. The number of hydrogen-bond acceptors (Lipinski definition) is 3. The third-order valence-corrected chi connectivity index (χ3v) is 4.71. The molecule has 0 aliphatic carbocycles. The van der Waals surface area contributed by atoms with Crippen molar-refractivity contribution in [2.24, 2.45) is 0 Å². The van der Waals surface area contributed by atoms with E-state index in [2.05, 4.69) is 0 Å². The molecule has 21 heavy (non-hydrogen) atoms. The molecule has 0 heterocycles. The third kappa shape index (κ3) is 4.42. The lowest BCUT2D eigenvalue weighted by molar-refractivity contribution is -0.139. The summed E-state index contributed by atoms with van der Waals surface area (Å²) >= 11 is 0. The van der Waals surface area contributed by atoms with Crippen LogP contribution in [0.3, 0.4) is 0 Å². The van der Waals surface area contributed by atoms with Crippen LogP contribution in [0.5, 0.6) is 0 Å². The molecule has 0 aliphatic heterocycles. The van der Waals surface area contributed by atoms with Gasteiger partial charge < -0.3 is 5.11 Å². The lowest BCUT2D eigenvalue weighted by Crippen LogP contribution is -2.42. The molecule has 120 valence electrons. The molecule has 0 amide bonds. The number of nitrogens with zero attached hydrogens (tertiary/aromatic N) is 1. The number of benzene rings is 1. The highest BCUT2D eigenvalue weighted by molar-refractivity contribution is 7.89. The molecule has 0 saturated carbocycles. The maximum atomic E-state index is 13.0. The van der Waals surface area contributed by atoms with Gasteiger partial charge in [0.25, 0.3) is 0 Å². The van der Waals surface area contributed by atoms with Crippen molar-refractivity contribution in [1.82, 2.24) is 4.31 Å². The van der Waals surface area contributed by atoms with Crippen LogP contribution in [0.15, 0.2) is 29.2 Å². The van der Waals surface area contributed by atoms with Crippen molar-refractivity contribution < 1.29 is 26.7 Å². The van der Waals surface area contributed by atoms with Gasteiger partial charge in [-0.1, -0.05) is 19.1 Å². The molecule has 0 bridgehead atoms. The lowest BCUT2D eigenvalue weighted by atomic mass is 10.1. The number of likely N-dealkylation sites (N-methyl/N-ethyl adjacent to an activating group) is 1. The van der Waals surface area contributed by atoms with Crippen LogP contribution in [0.25, 0.3) is 0 Å². The smallest absolute Gasteiger partial charge is 0.389 e. The summed E-state index contributed by atoms with van der Waals surface area (Å²) in [6.45, 7) is 3.94. The average molecular weight is 325 g/mol. The maximum Gasteiger partial charge on any atom is 0.417 e. The summed E-state index contributed by atoms with van der Waals surface area (Å²) in [4.78, 5) is -0.802. The molecular weight excluding hydrogens is 307 g/mol. The largest absolute Gasteiger partial charge is 0.417 e. The molecule has 0 unspecified atom stereocenters. The average Bonchev–Trinajstić information content (AvgIpc) is 2.33. The van der Waals surface area contributed by atoms with Gasteiger partial charge in [-0.25, -0.2) is 8.42 Å². The van der Waals surface area contributed by atoms with Crippen LogP contribution >= 0.6 is 0 Å². The van der Waals surface area contributed by atoms with Gasteiger partial charge in [-0.2, -0.15) is 17.5 Å². The topological polar surface area (TPSA) is 57.6 Å². The quantitative estimate of drug-likeness (QED) is 0.905. The predicted molar refractivity (Wildman–Crippen MR) is 72.2 cm³/mol. The van der Waals surface area contributed by atoms with E-state index >= 15 is 0 Å². The van der Waals surface area contributed by atoms with E-state index in [0.717, 1.165) is 22.5 Å². The number of halogens is 3. The number of rotatable bonds is 5. The summed E-state index contributed by atoms with van der Waals surface area (Å²) < 4.78 is 64.5. The number of hydrogen-bond donors (Lipinski definition) is 1. The first-order valence-electron chi connectivity index (χ1n) is 6.28. The van der Waals surface area contributed by atoms with Crippen molar-refractivity contribution in [3.63, 3.8) is 0 Å². The van der Waals surface area contributed by atoms with Crippen molar-refractivity contribution in [3.05, 3.63) is 29.8 Å². The Bertz CT molecular complexity index is 591. The van der Waals surface area contributed by atoms with Crippen molar-refractivity contribution in [2.45, 2.75) is 37.4 Å². The SMILES string of the molecule is CCN(CC(C)(C)O)S(=O)(=O)c1ccccc1C(F)(F)F. The van der Waals surface area contributed by atoms with Gasteiger partial charge in [-0.05, 0) is 26.0 Å². The Hall–Kier alpha value is -1.12. The summed E-state index contributed by atoms with van der Waals surface area (Å²) in [7, 11) is -4.34. The highest BCUT2D eigenvalue weighted by Crippen LogP contribution is 2.35. The second-order valence-electron chi connectivity index (χ2n) is 5.24. The standard InChI is InChI=1S/C13H18F3NO3S/c1-4-17(9-12(2,3)18)21(19,20)11-8-6-5-7-10(11)13(14,15)16/h5-8,18H,4,9H2,1-3H3. The molecular formula is C13H18F3NO3S. The van der Waals surface area contributed by atoms with E-state index in [1.165, 1.54) is 26.8 Å². The Kier molecular flexibility index (Phi) is 5.07. The zero-order valence-corrected chi connectivity index (χ0v) is 12.8. The van der Waals surface area contributed by atoms with E-state index in [0.29, 0.717) is 0 Å². The first-order chi connectivity index (χ1) is 9.39. The summed E-state index contributed by atoms with van der Waals surface area (Å²) in [5, 5.41) is 9.73. The zero-order chi connectivity index (χ0) is 16.5. The normalized spacial score (nSPS) is 13.7. The summed E-state index contributed by atoms with van der Waals surface area (Å²) in [6.07, 6.45) is -4.77. The first kappa shape index (κ1) is 17.9. The number of aliphatic hydroxyl groups is 1. The fraction of sp³-hybridized carbons (Fsp3) is 0.538. The van der Waals surface area contributed by atoms with Crippen LogP contribution in [0.1, 0.15) is 26.3 Å². The van der Waals surface area contributed by atoms with E-state index in [1.807, 2.05) is 0 Å². The molecule has 0 saturated heterocycles. The molecule has 0 aliphatic rings. The Morgan fingerprint density at radius 1 is 1.19 bits per heavy atom. The van der Waals surface area contributed by atoms with E-state index in [4.69, 9.17) is 0 Å². The van der Waals surface area contributed by atoms with Gasteiger partial charge in [0, 0.05) is 13.1 Å². The van der Waals surface area contributed by atoms with Crippen molar-refractivity contribution in [3.8, 4) is 0 Å². The highest BCUT2D eigenvalue weighted by atomic mass is 32.2. The van der Waals surface area contributed by atoms with Crippen LogP contribution in [-0.4, -0.2) is 36.5 Å². The van der Waals surface area contributed by atoms with Crippen LogP contribution in [-0.2, 0) is 16.2 Å². The molecule has 1 aromatic rings. The highest BCUT2D eigenvalue weighted by Gasteiger charge is 2.39. The van der Waals surface area contributed by atoms with Gasteiger partial charge >= 0.3 is 6.18 Å². The summed E-state index contributed by atoms with van der Waals surface area (Å²) in [5.74, 6) is 0. The van der Waals surface area contributed by atoms with Gasteiger partial charge in [-0.15, -0.1) is 0 Å². The predicted octanol–water partition coefficient (Wildman–Crippen LogP) is 2.49. The zero-order valence-electron chi connectivity index (χ0n) is 12.0. The van der Waals surface area contributed by atoms with Crippen LogP contribution < -0.4 is 0 Å². The molecule has 1 rings (SSSR count). The van der Waals surface area contributed by atoms with Crippen LogP contribution in [0.4, 0.5) is 13.2 Å². The monoisotopic (exact) mass is 325 g/mol. The molecule has 0 radical (unpaired) electrons. The Morgan fingerprint density at radius 3 is 2.14 bits per heavy atom. The van der Waals surface area contributed by atoms with E-state index in [-0.39, 0.29) is 13.1 Å². The minimum Gasteiger partial charge on any atom is -0.389 e. The Balaban J connectivity index is 3.37. The maximum absolute atomic E-state index is 13.0. The lowest BCUT2D eigenvalue weighted by Gasteiger charge is -2.28. The summed E-state index contributed by atoms with van der Waals surface area (Å²) in [5.41, 5.74) is -2.56. The molecule has 8 heteroatoms. The minimum atomic E-state index is -4.77. The van der Waals surface area contributed by atoms with Crippen molar-refractivity contribution >= 4 is 10.0 Å². The van der Waals surface area contributed by atoms with Gasteiger partial charge in [0.15, 0.2) is 0 Å². The van der Waals surface area contributed by atoms with Gasteiger partial charge in [0.1, 0.15) is 0 Å². The Morgan fingerprint density at radius 2 is 1.71 bits per heavy atom. The minimum absolute atomic E-state index is 0.0431. The first-order valence-corrected chi connectivity index (χ1v) is 7.72. The van der Waals surface area contributed by atoms with E-state index in [1.54, 1.807) is 0 Å². The van der Waals surface area contributed by atoms with E-state index in [9.17, 15) is 26.7 Å². The molecule has 1 aromatic carbocycles. The number of sulfonamides is 1. The third-order valence-electron chi connectivity index (χ3n) is 2.73. The summed E-state index contributed by atoms with van der Waals surface area (Å²) in [6, 6.07) is 4.02. The second kappa shape index (κ2) is 5.94. The number of alkyl halides is 3. The fourth-order valence-corrected chi connectivity index (χ4v) is 3.68. The molecule has 0 atom stereocenters.